The van der Waals surface area contributed by atoms with Crippen molar-refractivity contribution in [3.05, 3.63) is 88.9 Å². The van der Waals surface area contributed by atoms with Crippen molar-refractivity contribution in [1.82, 2.24) is 0 Å². The normalized spacial score (nSPS) is 11.0. The molecule has 160 valence electrons. The monoisotopic (exact) mass is 448 g/mol. The first kappa shape index (κ1) is 22.2. The Morgan fingerprint density at radius 3 is 2.29 bits per heavy atom. The molecular formula is C22H16ClF3N2O3. The summed E-state index contributed by atoms with van der Waals surface area (Å²) in [6, 6.07) is 18.2. The van der Waals surface area contributed by atoms with Gasteiger partial charge in [-0.25, -0.2) is 4.79 Å². The predicted octanol–water partition coefficient (Wildman–Crippen LogP) is 5.90. The van der Waals surface area contributed by atoms with Gasteiger partial charge in [-0.3, -0.25) is 4.79 Å². The molecule has 1 amide bonds. The topological polar surface area (TPSA) is 67.4 Å². The molecule has 9 heteroatoms. The third kappa shape index (κ3) is 5.99. The third-order valence-electron chi connectivity index (χ3n) is 4.10. The zero-order valence-corrected chi connectivity index (χ0v) is 16.6. The van der Waals surface area contributed by atoms with E-state index in [2.05, 4.69) is 10.6 Å². The number of ether oxygens (including phenoxy) is 1. The molecule has 0 aromatic heterocycles. The van der Waals surface area contributed by atoms with Gasteiger partial charge in [-0.05, 0) is 42.5 Å². The van der Waals surface area contributed by atoms with Crippen molar-refractivity contribution >= 4 is 40.5 Å². The highest BCUT2D eigenvalue weighted by Crippen LogP contribution is 2.33. The van der Waals surface area contributed by atoms with E-state index in [4.69, 9.17) is 16.3 Å². The number of amides is 1. The molecule has 3 aromatic rings. The van der Waals surface area contributed by atoms with Gasteiger partial charge in [-0.15, -0.1) is 0 Å². The van der Waals surface area contributed by atoms with E-state index >= 15 is 0 Å². The predicted molar refractivity (Wildman–Crippen MR) is 112 cm³/mol. The molecule has 0 bridgehead atoms. The summed E-state index contributed by atoms with van der Waals surface area (Å²) in [7, 11) is 0. The van der Waals surface area contributed by atoms with Gasteiger partial charge >= 0.3 is 12.1 Å². The molecule has 3 aromatic carbocycles. The van der Waals surface area contributed by atoms with Gasteiger partial charge in [-0.1, -0.05) is 41.9 Å². The number of halogens is 4. The van der Waals surface area contributed by atoms with E-state index in [9.17, 15) is 22.8 Å². The lowest BCUT2D eigenvalue weighted by atomic mass is 10.1. The zero-order chi connectivity index (χ0) is 22.4. The minimum Gasteiger partial charge on any atom is -0.452 e. The van der Waals surface area contributed by atoms with Gasteiger partial charge in [0.1, 0.15) is 0 Å². The lowest BCUT2D eigenvalue weighted by Crippen LogP contribution is -2.21. The van der Waals surface area contributed by atoms with Gasteiger partial charge in [-0.2, -0.15) is 13.2 Å². The fourth-order valence-electron chi connectivity index (χ4n) is 2.64. The highest BCUT2D eigenvalue weighted by atomic mass is 35.5. The van der Waals surface area contributed by atoms with Crippen LogP contribution in [0.15, 0.2) is 72.8 Å². The Morgan fingerprint density at radius 2 is 1.58 bits per heavy atom. The van der Waals surface area contributed by atoms with Crippen LogP contribution in [0.5, 0.6) is 0 Å². The van der Waals surface area contributed by atoms with Crippen LogP contribution in [0.2, 0.25) is 5.02 Å². The third-order valence-corrected chi connectivity index (χ3v) is 4.43. The van der Waals surface area contributed by atoms with Gasteiger partial charge in [0.25, 0.3) is 5.91 Å². The summed E-state index contributed by atoms with van der Waals surface area (Å²) in [5.41, 5.74) is 0.213. The number of hydrogen-bond acceptors (Lipinski definition) is 4. The average molecular weight is 449 g/mol. The van der Waals surface area contributed by atoms with E-state index in [1.165, 1.54) is 6.07 Å². The number of carbonyl (C=O) groups excluding carboxylic acids is 2. The summed E-state index contributed by atoms with van der Waals surface area (Å²) in [4.78, 5) is 24.5. The molecule has 0 aliphatic heterocycles. The highest BCUT2D eigenvalue weighted by Gasteiger charge is 2.31. The van der Waals surface area contributed by atoms with Gasteiger partial charge in [0, 0.05) is 5.69 Å². The van der Waals surface area contributed by atoms with E-state index in [0.29, 0.717) is 11.8 Å². The maximum Gasteiger partial charge on any atom is 0.416 e. The molecular weight excluding hydrogens is 433 g/mol. The first-order valence-corrected chi connectivity index (χ1v) is 9.36. The Bertz CT molecular complexity index is 1090. The number of benzene rings is 3. The summed E-state index contributed by atoms with van der Waals surface area (Å²) in [5, 5.41) is 5.22. The minimum atomic E-state index is -4.59. The smallest absolute Gasteiger partial charge is 0.416 e. The van der Waals surface area contributed by atoms with Crippen molar-refractivity contribution in [1.29, 1.82) is 0 Å². The van der Waals surface area contributed by atoms with Crippen molar-refractivity contribution in [2.45, 2.75) is 6.18 Å². The van der Waals surface area contributed by atoms with E-state index < -0.39 is 30.2 Å². The quantitative estimate of drug-likeness (QED) is 0.461. The average Bonchev–Trinajstić information content (AvgIpc) is 2.74. The Morgan fingerprint density at radius 1 is 0.903 bits per heavy atom. The molecule has 0 aliphatic rings. The number of esters is 1. The number of para-hydroxylation sites is 2. The minimum absolute atomic E-state index is 0.0786. The number of nitrogens with one attached hydrogen (secondary N) is 2. The van der Waals surface area contributed by atoms with E-state index in [-0.39, 0.29) is 16.3 Å². The Balaban J connectivity index is 1.65. The number of alkyl halides is 3. The molecule has 0 saturated heterocycles. The molecule has 5 nitrogen and oxygen atoms in total. The van der Waals surface area contributed by atoms with Crippen LogP contribution in [0, 0.1) is 0 Å². The second kappa shape index (κ2) is 9.53. The van der Waals surface area contributed by atoms with Gasteiger partial charge < -0.3 is 15.4 Å². The SMILES string of the molecule is O=C(COC(=O)c1ccccc1Nc1ccccc1)Nc1cc(C(F)(F)F)ccc1Cl. The number of anilines is 3. The summed E-state index contributed by atoms with van der Waals surface area (Å²) >= 11 is 5.85. The van der Waals surface area contributed by atoms with E-state index in [0.717, 1.165) is 17.8 Å². The van der Waals surface area contributed by atoms with Crippen LogP contribution in [-0.4, -0.2) is 18.5 Å². The van der Waals surface area contributed by atoms with Crippen molar-refractivity contribution in [3.8, 4) is 0 Å². The molecule has 0 unspecified atom stereocenters. The summed E-state index contributed by atoms with van der Waals surface area (Å²) in [6.07, 6.45) is -4.59. The van der Waals surface area contributed by atoms with Crippen LogP contribution < -0.4 is 10.6 Å². The van der Waals surface area contributed by atoms with Crippen molar-refractivity contribution < 1.29 is 27.5 Å². The van der Waals surface area contributed by atoms with Crippen LogP contribution in [0.25, 0.3) is 0 Å². The molecule has 0 fully saturated rings. The highest BCUT2D eigenvalue weighted by molar-refractivity contribution is 6.33. The number of rotatable bonds is 6. The molecule has 0 heterocycles. The summed E-state index contributed by atoms with van der Waals surface area (Å²) < 4.78 is 43.5. The first-order chi connectivity index (χ1) is 14.7. The van der Waals surface area contributed by atoms with Crippen molar-refractivity contribution in [2.24, 2.45) is 0 Å². The Hall–Kier alpha value is -3.52. The number of carbonyl (C=O) groups is 2. The molecule has 3 rings (SSSR count). The van der Waals surface area contributed by atoms with Crippen molar-refractivity contribution in [3.63, 3.8) is 0 Å². The fourth-order valence-corrected chi connectivity index (χ4v) is 2.80. The van der Waals surface area contributed by atoms with Crippen LogP contribution in [-0.2, 0) is 15.7 Å². The second-order valence-electron chi connectivity index (χ2n) is 6.35. The second-order valence-corrected chi connectivity index (χ2v) is 6.76. The summed E-state index contributed by atoms with van der Waals surface area (Å²) in [6.45, 7) is -0.703. The maximum absolute atomic E-state index is 12.8. The molecule has 0 atom stereocenters. The van der Waals surface area contributed by atoms with Crippen molar-refractivity contribution in [2.75, 3.05) is 17.2 Å². The molecule has 0 spiro atoms. The zero-order valence-electron chi connectivity index (χ0n) is 15.9. The lowest BCUT2D eigenvalue weighted by molar-refractivity contribution is -0.137. The Labute approximate surface area is 180 Å². The first-order valence-electron chi connectivity index (χ1n) is 8.99. The Kier molecular flexibility index (Phi) is 6.81. The van der Waals surface area contributed by atoms with Gasteiger partial charge in [0.2, 0.25) is 0 Å². The standard InChI is InChI=1S/C22H16ClF3N2O3/c23-17-11-10-14(22(24,25)26)12-19(17)28-20(29)13-31-21(30)16-8-4-5-9-18(16)27-15-6-2-1-3-7-15/h1-12,27H,13H2,(H,28,29). The van der Waals surface area contributed by atoms with E-state index in [1.807, 2.05) is 30.3 Å². The van der Waals surface area contributed by atoms with Crippen LogP contribution in [0.3, 0.4) is 0 Å². The van der Waals surface area contributed by atoms with Gasteiger partial charge in [0.15, 0.2) is 6.61 Å². The fraction of sp³-hybridized carbons (Fsp3) is 0.0909. The molecule has 0 radical (unpaired) electrons. The maximum atomic E-state index is 12.8. The number of hydrogen-bond donors (Lipinski definition) is 2. The molecule has 0 aliphatic carbocycles. The molecule has 31 heavy (non-hydrogen) atoms. The van der Waals surface area contributed by atoms with Gasteiger partial charge in [0.05, 0.1) is 27.5 Å². The van der Waals surface area contributed by atoms with Crippen LogP contribution in [0.1, 0.15) is 15.9 Å². The largest absolute Gasteiger partial charge is 0.452 e. The molecule has 2 N–H and O–H groups in total. The van der Waals surface area contributed by atoms with Crippen LogP contribution in [0.4, 0.5) is 30.2 Å². The lowest BCUT2D eigenvalue weighted by Gasteiger charge is -2.13. The summed E-state index contributed by atoms with van der Waals surface area (Å²) in [5.74, 6) is -1.60. The van der Waals surface area contributed by atoms with E-state index in [1.54, 1.807) is 18.2 Å². The van der Waals surface area contributed by atoms with Crippen LogP contribution >= 0.6 is 11.6 Å². The molecule has 0 saturated carbocycles.